The quantitative estimate of drug-likeness (QED) is 0.351. The van der Waals surface area contributed by atoms with Crippen LogP contribution < -0.4 is 0 Å². The maximum absolute atomic E-state index is 5.42. The van der Waals surface area contributed by atoms with E-state index in [-0.39, 0.29) is 4.45 Å². The molecular formula is C11H25BrO3Si. The van der Waals surface area contributed by atoms with Gasteiger partial charge >= 0.3 is 8.80 Å². The van der Waals surface area contributed by atoms with Gasteiger partial charge in [0.1, 0.15) is 0 Å². The normalized spacial score (nSPS) is 14.1. The van der Waals surface area contributed by atoms with Crippen molar-refractivity contribution in [1.82, 2.24) is 0 Å². The SMILES string of the molecule is CCCCCCCC(Br)[Si](OC)(OC)OC. The van der Waals surface area contributed by atoms with E-state index in [0.29, 0.717) is 0 Å². The highest BCUT2D eigenvalue weighted by molar-refractivity contribution is 9.10. The summed E-state index contributed by atoms with van der Waals surface area (Å²) in [5.74, 6) is 0. The van der Waals surface area contributed by atoms with E-state index in [2.05, 4.69) is 22.9 Å². The number of halogens is 1. The molecule has 0 spiro atoms. The first-order valence-corrected chi connectivity index (χ1v) is 8.68. The van der Waals surface area contributed by atoms with E-state index in [1.165, 1.54) is 32.1 Å². The lowest BCUT2D eigenvalue weighted by atomic mass is 10.1. The molecule has 1 atom stereocenters. The fraction of sp³-hybridized carbons (Fsp3) is 1.00. The molecule has 0 aromatic rings. The Balaban J connectivity index is 3.88. The number of alkyl halides is 1. The Labute approximate surface area is 109 Å². The lowest BCUT2D eigenvalue weighted by molar-refractivity contribution is 0.121. The van der Waals surface area contributed by atoms with Crippen LogP contribution in [-0.2, 0) is 13.3 Å². The van der Waals surface area contributed by atoms with Gasteiger partial charge in [0, 0.05) is 21.3 Å². The average Bonchev–Trinajstić information content (AvgIpc) is 2.32. The van der Waals surface area contributed by atoms with Crippen molar-refractivity contribution in [1.29, 1.82) is 0 Å². The van der Waals surface area contributed by atoms with Crippen LogP contribution >= 0.6 is 15.9 Å². The second-order valence-electron chi connectivity index (χ2n) is 3.89. The summed E-state index contributed by atoms with van der Waals surface area (Å²) < 4.78 is 16.5. The van der Waals surface area contributed by atoms with E-state index in [1.807, 2.05) is 0 Å². The third-order valence-corrected chi connectivity index (χ3v) is 7.70. The summed E-state index contributed by atoms with van der Waals surface area (Å²) in [6, 6.07) is 0. The molecule has 0 rings (SSSR count). The van der Waals surface area contributed by atoms with Gasteiger partial charge in [0.05, 0.1) is 4.45 Å². The average molecular weight is 313 g/mol. The number of hydrogen-bond donors (Lipinski definition) is 0. The molecule has 0 saturated carbocycles. The third-order valence-electron chi connectivity index (χ3n) is 2.80. The van der Waals surface area contributed by atoms with Crippen LogP contribution in [0.15, 0.2) is 0 Å². The van der Waals surface area contributed by atoms with Crippen LogP contribution in [0, 0.1) is 0 Å². The highest BCUT2D eigenvalue weighted by Gasteiger charge is 2.45. The molecule has 0 bridgehead atoms. The van der Waals surface area contributed by atoms with Crippen molar-refractivity contribution in [3.8, 4) is 0 Å². The van der Waals surface area contributed by atoms with Crippen molar-refractivity contribution in [2.45, 2.75) is 49.9 Å². The molecular weight excluding hydrogens is 288 g/mol. The van der Waals surface area contributed by atoms with Gasteiger partial charge in [-0.25, -0.2) is 0 Å². The highest BCUT2D eigenvalue weighted by atomic mass is 79.9. The highest BCUT2D eigenvalue weighted by Crippen LogP contribution is 2.24. The Morgan fingerprint density at radius 3 is 1.88 bits per heavy atom. The van der Waals surface area contributed by atoms with E-state index in [9.17, 15) is 0 Å². The molecule has 0 aromatic carbocycles. The minimum atomic E-state index is -2.47. The molecule has 0 aliphatic heterocycles. The van der Waals surface area contributed by atoms with Crippen LogP contribution in [0.3, 0.4) is 0 Å². The topological polar surface area (TPSA) is 27.7 Å². The first kappa shape index (κ1) is 16.6. The predicted molar refractivity (Wildman–Crippen MR) is 72.9 cm³/mol. The van der Waals surface area contributed by atoms with Gasteiger partial charge < -0.3 is 13.3 Å². The van der Waals surface area contributed by atoms with Gasteiger partial charge in [0.25, 0.3) is 0 Å². The summed E-state index contributed by atoms with van der Waals surface area (Å²) in [6.07, 6.45) is 7.44. The van der Waals surface area contributed by atoms with Crippen LogP contribution in [0.4, 0.5) is 0 Å². The van der Waals surface area contributed by atoms with E-state index in [4.69, 9.17) is 13.3 Å². The molecule has 0 amide bonds. The zero-order valence-electron chi connectivity index (χ0n) is 10.9. The molecule has 0 saturated heterocycles. The summed E-state index contributed by atoms with van der Waals surface area (Å²) >= 11 is 3.64. The van der Waals surface area contributed by atoms with Crippen molar-refractivity contribution in [2.24, 2.45) is 0 Å². The van der Waals surface area contributed by atoms with Crippen molar-refractivity contribution < 1.29 is 13.3 Å². The number of unbranched alkanes of at least 4 members (excludes halogenated alkanes) is 4. The third kappa shape index (κ3) is 5.27. The number of hydrogen-bond acceptors (Lipinski definition) is 3. The molecule has 0 heterocycles. The first-order valence-electron chi connectivity index (χ1n) is 5.96. The van der Waals surface area contributed by atoms with Crippen molar-refractivity contribution >= 4 is 24.7 Å². The second kappa shape index (κ2) is 9.59. The Kier molecular flexibility index (Phi) is 9.94. The molecule has 0 fully saturated rings. The van der Waals surface area contributed by atoms with Gasteiger partial charge in [-0.2, -0.15) is 0 Å². The molecule has 0 aliphatic rings. The number of rotatable bonds is 10. The summed E-state index contributed by atoms with van der Waals surface area (Å²) in [7, 11) is 2.50. The van der Waals surface area contributed by atoms with Gasteiger partial charge in [-0.15, -0.1) is 0 Å². The zero-order chi connectivity index (χ0) is 12.4. The van der Waals surface area contributed by atoms with Gasteiger partial charge in [0.2, 0.25) is 0 Å². The molecule has 0 N–H and O–H groups in total. The molecule has 98 valence electrons. The van der Waals surface area contributed by atoms with Crippen LogP contribution in [0.1, 0.15) is 45.4 Å². The predicted octanol–water partition coefficient (Wildman–Crippen LogP) is 3.53. The molecule has 0 aromatic heterocycles. The molecule has 5 heteroatoms. The van der Waals surface area contributed by atoms with E-state index < -0.39 is 8.80 Å². The smallest absolute Gasteiger partial charge is 0.376 e. The maximum atomic E-state index is 5.42. The van der Waals surface area contributed by atoms with Gasteiger partial charge in [0.15, 0.2) is 0 Å². The van der Waals surface area contributed by atoms with Crippen LogP contribution in [0.25, 0.3) is 0 Å². The Morgan fingerprint density at radius 1 is 0.938 bits per heavy atom. The van der Waals surface area contributed by atoms with Crippen LogP contribution in [0.2, 0.25) is 0 Å². The Bertz CT molecular complexity index is 157. The molecule has 16 heavy (non-hydrogen) atoms. The summed E-state index contributed by atoms with van der Waals surface area (Å²) in [5, 5.41) is 0. The summed E-state index contributed by atoms with van der Waals surface area (Å²) in [6.45, 7) is 2.23. The molecule has 0 aliphatic carbocycles. The van der Waals surface area contributed by atoms with Crippen LogP contribution in [-0.4, -0.2) is 34.6 Å². The fourth-order valence-electron chi connectivity index (χ4n) is 1.74. The molecule has 3 nitrogen and oxygen atoms in total. The van der Waals surface area contributed by atoms with Crippen molar-refractivity contribution in [3.63, 3.8) is 0 Å². The monoisotopic (exact) mass is 312 g/mol. The largest absolute Gasteiger partial charge is 0.514 e. The second-order valence-corrected chi connectivity index (χ2v) is 8.97. The van der Waals surface area contributed by atoms with E-state index in [0.717, 1.165) is 6.42 Å². The zero-order valence-corrected chi connectivity index (χ0v) is 13.5. The molecule has 1 unspecified atom stereocenters. The van der Waals surface area contributed by atoms with Crippen LogP contribution in [0.5, 0.6) is 0 Å². The van der Waals surface area contributed by atoms with E-state index >= 15 is 0 Å². The summed E-state index contributed by atoms with van der Waals surface area (Å²) in [5.41, 5.74) is 0. The van der Waals surface area contributed by atoms with Crippen molar-refractivity contribution in [3.05, 3.63) is 0 Å². The first-order chi connectivity index (χ1) is 7.66. The van der Waals surface area contributed by atoms with E-state index in [1.54, 1.807) is 21.3 Å². The fourth-order valence-corrected chi connectivity index (χ4v) is 5.57. The maximum Gasteiger partial charge on any atom is 0.514 e. The minimum absolute atomic E-state index is 0.196. The Hall–Kier alpha value is 0.577. The lowest BCUT2D eigenvalue weighted by Crippen LogP contribution is -2.51. The van der Waals surface area contributed by atoms with Gasteiger partial charge in [-0.3, -0.25) is 0 Å². The lowest BCUT2D eigenvalue weighted by Gasteiger charge is -2.28. The van der Waals surface area contributed by atoms with Gasteiger partial charge in [-0.05, 0) is 6.42 Å². The molecule has 0 radical (unpaired) electrons. The minimum Gasteiger partial charge on any atom is -0.376 e. The van der Waals surface area contributed by atoms with Crippen molar-refractivity contribution in [2.75, 3.05) is 21.3 Å². The van der Waals surface area contributed by atoms with Gasteiger partial charge in [-0.1, -0.05) is 55.0 Å². The standard InChI is InChI=1S/C11H25BrO3Si/c1-5-6-7-8-9-10-11(12)16(13-2,14-3)15-4/h11H,5-10H2,1-4H3. The Morgan fingerprint density at radius 2 is 1.44 bits per heavy atom. The summed E-state index contributed by atoms with van der Waals surface area (Å²) in [4.78, 5) is 0.